The minimum atomic E-state index is 0.430. The maximum Gasteiger partial charge on any atom is 0.178 e. The highest BCUT2D eigenvalue weighted by atomic mass is 16.4. The van der Waals surface area contributed by atoms with Crippen LogP contribution in [0.4, 0.5) is 34.1 Å². The fourth-order valence-electron chi connectivity index (χ4n) is 11.4. The van der Waals surface area contributed by atoms with Gasteiger partial charge in [-0.1, -0.05) is 100 Å². The normalized spacial score (nSPS) is 12.3. The van der Waals surface area contributed by atoms with E-state index in [9.17, 15) is 0 Å². The van der Waals surface area contributed by atoms with Crippen LogP contribution in [-0.2, 0) is 0 Å². The minimum absolute atomic E-state index is 0.430. The van der Waals surface area contributed by atoms with Gasteiger partial charge in [0.25, 0.3) is 0 Å². The lowest BCUT2D eigenvalue weighted by molar-refractivity contribution is 0.634. The SMILES string of the molecule is CC(C)c1ccc(N(c2ccc3cc4c(cc3c2)oc2c4ccc3c4cc5ccc(N(c6ccc(C(C)C)cc6)c6ccc7oc8ccccc8c7c6)cc5cc4oc32)c2ccc3oc4ccccc4c3c2)cc1. The first kappa shape index (κ1) is 42.4. The van der Waals surface area contributed by atoms with Gasteiger partial charge in [0.2, 0.25) is 0 Å². The number of nitrogens with zero attached hydrogens (tertiary/aromatic N) is 2. The number of anilines is 6. The van der Waals surface area contributed by atoms with Crippen molar-refractivity contribution in [3.05, 3.63) is 217 Å². The summed E-state index contributed by atoms with van der Waals surface area (Å²) in [6.07, 6.45) is 0. The number of rotatable bonds is 8. The highest BCUT2D eigenvalue weighted by Gasteiger charge is 2.22. The Bertz CT molecular complexity index is 4440. The highest BCUT2D eigenvalue weighted by molar-refractivity contribution is 6.21. The van der Waals surface area contributed by atoms with Crippen LogP contribution in [-0.4, -0.2) is 0 Å². The topological polar surface area (TPSA) is 59.0 Å². The fourth-order valence-corrected chi connectivity index (χ4v) is 11.4. The van der Waals surface area contributed by atoms with Crippen molar-refractivity contribution < 1.29 is 17.7 Å². The van der Waals surface area contributed by atoms with E-state index in [4.69, 9.17) is 17.7 Å². The van der Waals surface area contributed by atoms with Crippen LogP contribution in [0.3, 0.4) is 0 Å². The van der Waals surface area contributed by atoms with Gasteiger partial charge in [0.15, 0.2) is 11.2 Å². The molecule has 15 aromatic rings. The van der Waals surface area contributed by atoms with Crippen LogP contribution in [0.15, 0.2) is 224 Å². The predicted molar refractivity (Wildman–Crippen MR) is 308 cm³/mol. The molecule has 4 heterocycles. The molecule has 6 nitrogen and oxygen atoms in total. The van der Waals surface area contributed by atoms with Crippen molar-refractivity contribution in [1.29, 1.82) is 0 Å². The average molecular weight is 957 g/mol. The molecule has 0 amide bonds. The van der Waals surface area contributed by atoms with Gasteiger partial charge in [0, 0.05) is 77.2 Å². The van der Waals surface area contributed by atoms with E-state index < -0.39 is 0 Å². The molecular weight excluding hydrogens is 909 g/mol. The molecule has 0 bridgehead atoms. The molecule has 74 heavy (non-hydrogen) atoms. The van der Waals surface area contributed by atoms with Crippen molar-refractivity contribution in [2.24, 2.45) is 0 Å². The van der Waals surface area contributed by atoms with Crippen molar-refractivity contribution in [1.82, 2.24) is 0 Å². The molecule has 0 fully saturated rings. The highest BCUT2D eigenvalue weighted by Crippen LogP contribution is 2.45. The summed E-state index contributed by atoms with van der Waals surface area (Å²) in [4.78, 5) is 4.67. The Morgan fingerprint density at radius 2 is 0.622 bits per heavy atom. The molecule has 0 radical (unpaired) electrons. The third kappa shape index (κ3) is 6.64. The third-order valence-corrected chi connectivity index (χ3v) is 15.4. The maximum absolute atomic E-state index is 6.88. The van der Waals surface area contributed by atoms with Gasteiger partial charge in [-0.15, -0.1) is 0 Å². The molecule has 15 rings (SSSR count). The summed E-state index contributed by atoms with van der Waals surface area (Å²) in [7, 11) is 0. The van der Waals surface area contributed by atoms with Crippen molar-refractivity contribution in [3.63, 3.8) is 0 Å². The van der Waals surface area contributed by atoms with Crippen LogP contribution in [0.2, 0.25) is 0 Å². The average Bonchev–Trinajstić information content (AvgIpc) is 4.20. The largest absolute Gasteiger partial charge is 0.456 e. The Balaban J connectivity index is 0.836. The first-order valence-corrected chi connectivity index (χ1v) is 25.6. The summed E-state index contributed by atoms with van der Waals surface area (Å²) in [5, 5.41) is 13.0. The smallest absolute Gasteiger partial charge is 0.178 e. The van der Waals surface area contributed by atoms with Gasteiger partial charge in [-0.05, 0) is 178 Å². The van der Waals surface area contributed by atoms with Gasteiger partial charge in [-0.3, -0.25) is 0 Å². The van der Waals surface area contributed by atoms with Crippen LogP contribution < -0.4 is 9.80 Å². The van der Waals surface area contributed by atoms with E-state index in [1.54, 1.807) is 0 Å². The van der Waals surface area contributed by atoms with Crippen LogP contribution in [0.25, 0.3) is 109 Å². The summed E-state index contributed by atoms with van der Waals surface area (Å²) >= 11 is 0. The number of hydrogen-bond donors (Lipinski definition) is 0. The fraction of sp³-hybridized carbons (Fsp3) is 0.0882. The van der Waals surface area contributed by atoms with E-state index in [1.165, 1.54) is 11.1 Å². The van der Waals surface area contributed by atoms with Crippen molar-refractivity contribution in [2.75, 3.05) is 9.80 Å². The molecule has 0 aliphatic carbocycles. The van der Waals surface area contributed by atoms with E-state index >= 15 is 0 Å². The number of fused-ring (bicyclic) bond motifs is 15. The maximum atomic E-state index is 6.88. The first-order chi connectivity index (χ1) is 36.3. The van der Waals surface area contributed by atoms with Gasteiger partial charge in [-0.25, -0.2) is 0 Å². The summed E-state index contributed by atoms with van der Waals surface area (Å²) in [6, 6.07) is 74.0. The molecule has 0 aliphatic rings. The van der Waals surface area contributed by atoms with E-state index in [2.05, 4.69) is 219 Å². The molecule has 0 atom stereocenters. The van der Waals surface area contributed by atoms with Crippen LogP contribution in [0.1, 0.15) is 50.7 Å². The summed E-state index contributed by atoms with van der Waals surface area (Å²) < 4.78 is 26.3. The summed E-state index contributed by atoms with van der Waals surface area (Å²) in [5.41, 5.74) is 15.6. The number of para-hydroxylation sites is 2. The van der Waals surface area contributed by atoms with Gasteiger partial charge < -0.3 is 27.5 Å². The third-order valence-electron chi connectivity index (χ3n) is 15.4. The van der Waals surface area contributed by atoms with Gasteiger partial charge in [0.05, 0.1) is 0 Å². The lowest BCUT2D eigenvalue weighted by atomic mass is 10.0. The Labute approximate surface area is 425 Å². The monoisotopic (exact) mass is 956 g/mol. The Hall–Kier alpha value is -9.26. The lowest BCUT2D eigenvalue weighted by Crippen LogP contribution is -2.10. The molecule has 4 aromatic heterocycles. The van der Waals surface area contributed by atoms with Gasteiger partial charge in [-0.2, -0.15) is 0 Å². The Kier molecular flexibility index (Phi) is 9.24. The van der Waals surface area contributed by atoms with E-state index in [1.807, 2.05) is 24.3 Å². The van der Waals surface area contributed by atoms with Crippen molar-refractivity contribution in [2.45, 2.75) is 39.5 Å². The molecule has 0 unspecified atom stereocenters. The molecule has 0 saturated heterocycles. The molecule has 354 valence electrons. The predicted octanol–water partition coefficient (Wildman–Crippen LogP) is 20.8. The number of hydrogen-bond acceptors (Lipinski definition) is 6. The standard InChI is InChI=1S/C68H48N2O4/c1-39(2)41-13-19-47(20-14-41)69(51-25-29-63-59(37-51)53-9-5-7-11-61(53)71-63)49-23-17-43-33-57-55-27-28-56-58-34-44-18-24-50(32-46(44)36-66(58)74-68(56)67(55)73-65(57)35-45(43)31-49)70(48-21-15-42(16-22-48)40(3)4)52-26-30-64-60(38-52)54-10-6-8-12-62(54)72-64/h5-40H,1-4H3. The van der Waals surface area contributed by atoms with Crippen molar-refractivity contribution >= 4 is 143 Å². The van der Waals surface area contributed by atoms with Crippen molar-refractivity contribution in [3.8, 4) is 0 Å². The molecule has 11 aromatic carbocycles. The zero-order valence-corrected chi connectivity index (χ0v) is 41.3. The molecule has 6 heteroatoms. The molecule has 0 N–H and O–H groups in total. The van der Waals surface area contributed by atoms with E-state index in [0.29, 0.717) is 11.8 Å². The molecule has 0 aliphatic heterocycles. The zero-order chi connectivity index (χ0) is 49.3. The Morgan fingerprint density at radius 3 is 1.05 bits per heavy atom. The first-order valence-electron chi connectivity index (χ1n) is 25.6. The van der Waals surface area contributed by atoms with Gasteiger partial charge in [0.1, 0.15) is 33.5 Å². The van der Waals surface area contributed by atoms with Crippen LogP contribution in [0, 0.1) is 0 Å². The van der Waals surface area contributed by atoms with Crippen LogP contribution >= 0.6 is 0 Å². The molecule has 0 spiro atoms. The second kappa shape index (κ2) is 16.1. The number of furan rings is 4. The quantitative estimate of drug-likeness (QED) is 0.151. The van der Waals surface area contributed by atoms with E-state index in [0.717, 1.165) is 143 Å². The summed E-state index contributed by atoms with van der Waals surface area (Å²) in [5.74, 6) is 0.861. The molecule has 0 saturated carbocycles. The minimum Gasteiger partial charge on any atom is -0.456 e. The second-order valence-electron chi connectivity index (χ2n) is 20.5. The zero-order valence-electron chi connectivity index (χ0n) is 41.3. The molecular formula is C68H48N2O4. The van der Waals surface area contributed by atoms with E-state index in [-0.39, 0.29) is 0 Å². The van der Waals surface area contributed by atoms with Crippen LogP contribution in [0.5, 0.6) is 0 Å². The summed E-state index contributed by atoms with van der Waals surface area (Å²) in [6.45, 7) is 8.93. The lowest BCUT2D eigenvalue weighted by Gasteiger charge is -2.26. The van der Waals surface area contributed by atoms with Gasteiger partial charge >= 0.3 is 0 Å². The number of benzene rings is 11. The second-order valence-corrected chi connectivity index (χ2v) is 20.5. The Morgan fingerprint density at radius 1 is 0.257 bits per heavy atom.